The van der Waals surface area contributed by atoms with Gasteiger partial charge >= 0.3 is 0 Å². The molecule has 0 bridgehead atoms. The predicted molar refractivity (Wildman–Crippen MR) is 123 cm³/mol. The largest absolute Gasteiger partial charge is 0.726 e. The Morgan fingerprint density at radius 1 is 1.06 bits per heavy atom. The second-order valence-corrected chi connectivity index (χ2v) is 9.24. The third-order valence-electron chi connectivity index (χ3n) is 5.52. The molecular weight excluding hydrogens is 420 g/mol. The molecule has 1 heterocycles. The molecule has 0 spiro atoms. The molecule has 0 aliphatic carbocycles. The number of hydrogen-bond acceptors (Lipinski definition) is 7. The first kappa shape index (κ1) is 30.3. The number of ether oxygens (including phenoxy) is 1. The fourth-order valence-corrected chi connectivity index (χ4v) is 3.74. The third kappa shape index (κ3) is 18.5. The average Bonchev–Trinajstić information content (AvgIpc) is 3.27. The van der Waals surface area contributed by atoms with Crippen LogP contribution in [0.2, 0.25) is 0 Å². The Morgan fingerprint density at radius 3 is 2.00 bits per heavy atom. The summed E-state index contributed by atoms with van der Waals surface area (Å²) in [6, 6.07) is 0.431. The van der Waals surface area contributed by atoms with Crippen molar-refractivity contribution in [2.75, 3.05) is 33.4 Å². The highest BCUT2D eigenvalue weighted by molar-refractivity contribution is 7.80. The first-order valence-electron chi connectivity index (χ1n) is 11.9. The molecule has 2 unspecified atom stereocenters. The van der Waals surface area contributed by atoms with E-state index in [0.29, 0.717) is 12.6 Å². The number of unbranched alkanes of at least 4 members (excludes halogenated alkanes) is 10. The van der Waals surface area contributed by atoms with Crippen LogP contribution in [0.4, 0.5) is 0 Å². The summed E-state index contributed by atoms with van der Waals surface area (Å²) in [5.74, 6) is 0. The highest BCUT2D eigenvalue weighted by atomic mass is 32.3. The van der Waals surface area contributed by atoms with Crippen molar-refractivity contribution in [3.8, 4) is 0 Å². The number of aliphatic hydroxyl groups is 1. The second-order valence-electron chi connectivity index (χ2n) is 8.09. The summed E-state index contributed by atoms with van der Waals surface area (Å²) in [5.41, 5.74) is 0. The van der Waals surface area contributed by atoms with Gasteiger partial charge in [0, 0.05) is 0 Å². The first-order chi connectivity index (χ1) is 14.9. The van der Waals surface area contributed by atoms with E-state index in [1.807, 2.05) is 0 Å². The van der Waals surface area contributed by atoms with Crippen molar-refractivity contribution in [1.29, 1.82) is 0 Å². The van der Waals surface area contributed by atoms with Gasteiger partial charge in [-0.25, -0.2) is 8.42 Å². The van der Waals surface area contributed by atoms with E-state index in [1.54, 1.807) is 0 Å². The van der Waals surface area contributed by atoms with Crippen molar-refractivity contribution < 1.29 is 31.6 Å². The lowest BCUT2D eigenvalue weighted by atomic mass is 10.0. The minimum absolute atomic E-state index is 0.109. The topological polar surface area (TPSA) is 111 Å². The summed E-state index contributed by atoms with van der Waals surface area (Å²) in [6.45, 7) is 7.07. The Bertz CT molecular complexity index is 542. The second kappa shape index (κ2) is 19.9. The minimum Gasteiger partial charge on any atom is -0.726 e. The highest BCUT2D eigenvalue weighted by Crippen LogP contribution is 2.16. The molecule has 0 aromatic rings. The van der Waals surface area contributed by atoms with Gasteiger partial charge in [-0.05, 0) is 19.8 Å². The molecule has 0 saturated carbocycles. The fourth-order valence-electron chi connectivity index (χ4n) is 3.74. The van der Waals surface area contributed by atoms with Crippen molar-refractivity contribution in [3.05, 3.63) is 0 Å². The number of hydrogen-bond donors (Lipinski definition) is 2. The Kier molecular flexibility index (Phi) is 19.4. The maximum Gasteiger partial charge on any atom is 0.232 e. The Morgan fingerprint density at radius 2 is 1.58 bits per heavy atom. The van der Waals surface area contributed by atoms with Gasteiger partial charge in [-0.3, -0.25) is 14.1 Å². The van der Waals surface area contributed by atoms with Gasteiger partial charge in [0.25, 0.3) is 0 Å². The summed E-state index contributed by atoms with van der Waals surface area (Å²) in [4.78, 5) is 0. The van der Waals surface area contributed by atoms with Crippen LogP contribution in [0.3, 0.4) is 0 Å². The molecule has 1 aliphatic rings. The van der Waals surface area contributed by atoms with Crippen molar-refractivity contribution in [1.82, 2.24) is 5.32 Å². The lowest BCUT2D eigenvalue weighted by molar-refractivity contribution is -0.565. The molecule has 9 heteroatoms. The van der Waals surface area contributed by atoms with E-state index in [-0.39, 0.29) is 12.7 Å². The van der Waals surface area contributed by atoms with E-state index in [1.165, 1.54) is 77.0 Å². The van der Waals surface area contributed by atoms with Gasteiger partial charge in [-0.15, -0.1) is 0 Å². The molecule has 1 rings (SSSR count). The molecule has 0 amide bonds. The molecule has 0 aromatic carbocycles. The third-order valence-corrected chi connectivity index (χ3v) is 5.93. The van der Waals surface area contributed by atoms with Crippen LogP contribution in [0.15, 0.2) is 0 Å². The van der Waals surface area contributed by atoms with Crippen LogP contribution in [0.1, 0.15) is 90.9 Å². The van der Waals surface area contributed by atoms with Crippen molar-refractivity contribution in [2.24, 2.45) is 0 Å². The smallest absolute Gasteiger partial charge is 0.232 e. The monoisotopic (exact) mass is 466 g/mol. The van der Waals surface area contributed by atoms with Gasteiger partial charge in [-0.2, -0.15) is 0 Å². The van der Waals surface area contributed by atoms with E-state index in [4.69, 9.17) is 9.84 Å². The SMILES string of the molecule is CCCCCCCCCCCCCC(C(C)OCCO)[N+]1=CNCC1.COS(=O)(=O)[O-]. The lowest BCUT2D eigenvalue weighted by Gasteiger charge is -2.23. The number of aliphatic hydroxyl groups excluding tert-OH is 1. The van der Waals surface area contributed by atoms with Gasteiger partial charge in [0.2, 0.25) is 16.7 Å². The van der Waals surface area contributed by atoms with Crippen molar-refractivity contribution in [3.63, 3.8) is 0 Å². The highest BCUT2D eigenvalue weighted by Gasteiger charge is 2.26. The molecule has 1 aliphatic heterocycles. The van der Waals surface area contributed by atoms with Crippen molar-refractivity contribution >= 4 is 16.7 Å². The van der Waals surface area contributed by atoms with E-state index < -0.39 is 10.4 Å². The van der Waals surface area contributed by atoms with Gasteiger partial charge in [-0.1, -0.05) is 71.1 Å². The number of nitrogens with one attached hydrogen (secondary N) is 1. The van der Waals surface area contributed by atoms with Crippen LogP contribution in [-0.2, 0) is 19.3 Å². The van der Waals surface area contributed by atoms with E-state index >= 15 is 0 Å². The average molecular weight is 467 g/mol. The standard InChI is InChI=1S/C21H42N2O2.CH4O4S/c1-3-4-5-6-7-8-9-10-11-12-13-14-21(20(2)25-18-17-24)23-16-15-22-19-23;1-5-6(2,3)4/h19-21,24H,3-18H2,1-2H3;1H3,(H,2,3,4). The zero-order chi connectivity index (χ0) is 23.4. The normalized spacial score (nSPS) is 15.6. The molecule has 31 heavy (non-hydrogen) atoms. The maximum absolute atomic E-state index is 9.22. The van der Waals surface area contributed by atoms with Crippen LogP contribution in [0.5, 0.6) is 0 Å². The molecule has 0 fully saturated rings. The van der Waals surface area contributed by atoms with E-state index in [0.717, 1.165) is 20.2 Å². The Labute approximate surface area is 190 Å². The number of nitrogens with zero attached hydrogens (tertiary/aromatic N) is 1. The molecular formula is C22H46N2O6S. The molecule has 0 aromatic heterocycles. The van der Waals surface area contributed by atoms with Crippen LogP contribution in [0.25, 0.3) is 0 Å². The number of rotatable bonds is 18. The molecule has 186 valence electrons. The van der Waals surface area contributed by atoms with Gasteiger partial charge in [0.05, 0.1) is 26.4 Å². The van der Waals surface area contributed by atoms with Crippen LogP contribution in [-0.4, -0.2) is 74.6 Å². The Hall–Kier alpha value is -0.740. The molecule has 2 N–H and O–H groups in total. The lowest BCUT2D eigenvalue weighted by Crippen LogP contribution is -2.38. The van der Waals surface area contributed by atoms with E-state index in [2.05, 4.69) is 34.3 Å². The van der Waals surface area contributed by atoms with Gasteiger partial charge in [0.15, 0.2) is 0 Å². The molecule has 8 nitrogen and oxygen atoms in total. The quantitative estimate of drug-likeness (QED) is 0.138. The molecule has 2 atom stereocenters. The van der Waals surface area contributed by atoms with Crippen LogP contribution >= 0.6 is 0 Å². The van der Waals surface area contributed by atoms with Crippen LogP contribution < -0.4 is 5.32 Å². The summed E-state index contributed by atoms with van der Waals surface area (Å²) in [5, 5.41) is 12.3. The van der Waals surface area contributed by atoms with Gasteiger partial charge in [0.1, 0.15) is 19.1 Å². The molecule has 0 radical (unpaired) electrons. The zero-order valence-corrected chi connectivity index (χ0v) is 20.7. The minimum atomic E-state index is -4.41. The maximum atomic E-state index is 9.22. The summed E-state index contributed by atoms with van der Waals surface area (Å²) in [6.07, 6.45) is 18.7. The first-order valence-corrected chi connectivity index (χ1v) is 13.2. The van der Waals surface area contributed by atoms with Crippen molar-refractivity contribution in [2.45, 2.75) is 103 Å². The molecule has 0 saturated heterocycles. The summed E-state index contributed by atoms with van der Waals surface area (Å²) >= 11 is 0. The summed E-state index contributed by atoms with van der Waals surface area (Å²) in [7, 11) is -3.60. The van der Waals surface area contributed by atoms with Crippen LogP contribution in [0, 0.1) is 0 Å². The van der Waals surface area contributed by atoms with Gasteiger partial charge < -0.3 is 14.4 Å². The predicted octanol–water partition coefficient (Wildman–Crippen LogP) is 3.19. The zero-order valence-electron chi connectivity index (χ0n) is 19.9. The summed E-state index contributed by atoms with van der Waals surface area (Å²) < 4.78 is 39.2. The van der Waals surface area contributed by atoms with E-state index in [9.17, 15) is 13.0 Å². The Balaban J connectivity index is 0.00000131. The fraction of sp³-hybridized carbons (Fsp3) is 0.955.